The first-order valence-electron chi connectivity index (χ1n) is 12.1. The molecule has 3 heterocycles. The number of fused-ring (bicyclic) bond motifs is 1. The molecule has 0 bridgehead atoms. The molecule has 7 heteroatoms. The van der Waals surface area contributed by atoms with Gasteiger partial charge in [-0.25, -0.2) is 0 Å². The van der Waals surface area contributed by atoms with Crippen LogP contribution in [0.15, 0.2) is 35.3 Å². The monoisotopic (exact) mass is 429 g/mol. The van der Waals surface area contributed by atoms with Crippen LogP contribution in [-0.4, -0.2) is 105 Å². The van der Waals surface area contributed by atoms with E-state index in [1.54, 1.807) is 0 Å². The van der Waals surface area contributed by atoms with Gasteiger partial charge in [-0.2, -0.15) is 0 Å². The summed E-state index contributed by atoms with van der Waals surface area (Å²) in [6.45, 7) is 13.7. The van der Waals surface area contributed by atoms with E-state index in [0.717, 1.165) is 91.1 Å². The van der Waals surface area contributed by atoms with Crippen molar-refractivity contribution in [3.8, 4) is 0 Å². The lowest BCUT2D eigenvalue weighted by Gasteiger charge is -2.36. The molecule has 0 amide bonds. The molecule has 3 saturated heterocycles. The SMILES string of the molecule is CCNC(=NCCCCN1CCOCC1)N1CC2OCCN(Cc3ccccc3)C2C1. The van der Waals surface area contributed by atoms with Gasteiger partial charge in [0.1, 0.15) is 0 Å². The average Bonchev–Trinajstić information content (AvgIpc) is 3.25. The first-order chi connectivity index (χ1) is 15.3. The van der Waals surface area contributed by atoms with Crippen molar-refractivity contribution in [3.63, 3.8) is 0 Å². The second-order valence-corrected chi connectivity index (χ2v) is 8.73. The number of unbranched alkanes of at least 4 members (excludes halogenated alkanes) is 1. The second kappa shape index (κ2) is 11.8. The number of ether oxygens (including phenoxy) is 2. The smallest absolute Gasteiger partial charge is 0.194 e. The summed E-state index contributed by atoms with van der Waals surface area (Å²) in [4.78, 5) is 12.5. The lowest BCUT2D eigenvalue weighted by molar-refractivity contribution is -0.0502. The number of hydrogen-bond acceptors (Lipinski definition) is 5. The molecular weight excluding hydrogens is 390 g/mol. The van der Waals surface area contributed by atoms with Crippen LogP contribution in [0.4, 0.5) is 0 Å². The van der Waals surface area contributed by atoms with E-state index in [1.807, 2.05) is 0 Å². The fraction of sp³-hybridized carbons (Fsp3) is 0.708. The van der Waals surface area contributed by atoms with Gasteiger partial charge in [0.25, 0.3) is 0 Å². The summed E-state index contributed by atoms with van der Waals surface area (Å²) < 4.78 is 11.6. The van der Waals surface area contributed by atoms with Crippen molar-refractivity contribution in [1.82, 2.24) is 20.0 Å². The van der Waals surface area contributed by atoms with Gasteiger partial charge in [0.15, 0.2) is 5.96 Å². The number of nitrogens with one attached hydrogen (secondary N) is 1. The molecule has 1 aromatic carbocycles. The van der Waals surface area contributed by atoms with E-state index in [2.05, 4.69) is 57.3 Å². The van der Waals surface area contributed by atoms with Gasteiger partial charge in [-0.05, 0) is 31.9 Å². The minimum absolute atomic E-state index is 0.266. The zero-order valence-corrected chi connectivity index (χ0v) is 19.0. The van der Waals surface area contributed by atoms with Crippen molar-refractivity contribution in [3.05, 3.63) is 35.9 Å². The van der Waals surface area contributed by atoms with Crippen LogP contribution >= 0.6 is 0 Å². The van der Waals surface area contributed by atoms with Crippen LogP contribution in [-0.2, 0) is 16.0 Å². The Balaban J connectivity index is 1.28. The van der Waals surface area contributed by atoms with E-state index in [9.17, 15) is 0 Å². The number of guanidine groups is 1. The van der Waals surface area contributed by atoms with Crippen LogP contribution < -0.4 is 5.32 Å². The van der Waals surface area contributed by atoms with Crippen molar-refractivity contribution in [2.24, 2.45) is 4.99 Å². The molecule has 0 aromatic heterocycles. The lowest BCUT2D eigenvalue weighted by atomic mass is 10.1. The highest BCUT2D eigenvalue weighted by Crippen LogP contribution is 2.24. The third kappa shape index (κ3) is 6.42. The van der Waals surface area contributed by atoms with Crippen molar-refractivity contribution < 1.29 is 9.47 Å². The van der Waals surface area contributed by atoms with E-state index >= 15 is 0 Å². The topological polar surface area (TPSA) is 52.6 Å². The number of rotatable bonds is 8. The normalized spacial score (nSPS) is 25.6. The number of hydrogen-bond donors (Lipinski definition) is 1. The highest BCUT2D eigenvalue weighted by atomic mass is 16.5. The van der Waals surface area contributed by atoms with Crippen molar-refractivity contribution in [2.45, 2.75) is 38.5 Å². The Morgan fingerprint density at radius 1 is 1.06 bits per heavy atom. The Labute approximate surface area is 187 Å². The Kier molecular flexibility index (Phi) is 8.58. The van der Waals surface area contributed by atoms with Gasteiger partial charge in [0.05, 0.1) is 32.0 Å². The molecular formula is C24H39N5O2. The van der Waals surface area contributed by atoms with Crippen molar-refractivity contribution >= 4 is 5.96 Å². The first kappa shape index (κ1) is 22.5. The van der Waals surface area contributed by atoms with Crippen LogP contribution in [0.5, 0.6) is 0 Å². The van der Waals surface area contributed by atoms with E-state index in [4.69, 9.17) is 14.5 Å². The highest BCUT2D eigenvalue weighted by Gasteiger charge is 2.41. The molecule has 4 rings (SSSR count). The predicted octanol–water partition coefficient (Wildman–Crippen LogP) is 1.65. The standard InChI is InChI=1S/C24H39N5O2/c1-2-25-24(26-10-6-7-11-27-12-15-30-16-13-27)29-19-22-23(20-29)31-17-14-28(22)18-21-8-4-3-5-9-21/h3-5,8-9,22-23H,2,6-7,10-20H2,1H3,(H,25,26). The number of morpholine rings is 2. The summed E-state index contributed by atoms with van der Waals surface area (Å²) in [7, 11) is 0. The molecule has 3 aliphatic heterocycles. The average molecular weight is 430 g/mol. The number of likely N-dealkylation sites (tertiary alicyclic amines) is 1. The minimum Gasteiger partial charge on any atom is -0.379 e. The summed E-state index contributed by atoms with van der Waals surface area (Å²) in [5.74, 6) is 1.05. The second-order valence-electron chi connectivity index (χ2n) is 8.73. The molecule has 3 aliphatic rings. The van der Waals surface area contributed by atoms with Gasteiger partial charge in [-0.1, -0.05) is 30.3 Å². The zero-order chi connectivity index (χ0) is 21.3. The number of aliphatic imine (C=N–C) groups is 1. The fourth-order valence-corrected chi connectivity index (χ4v) is 4.83. The van der Waals surface area contributed by atoms with Crippen molar-refractivity contribution in [1.29, 1.82) is 0 Å². The molecule has 1 aromatic rings. The Morgan fingerprint density at radius 3 is 2.71 bits per heavy atom. The predicted molar refractivity (Wildman–Crippen MR) is 124 cm³/mol. The Morgan fingerprint density at radius 2 is 1.90 bits per heavy atom. The maximum atomic E-state index is 6.16. The largest absolute Gasteiger partial charge is 0.379 e. The quantitative estimate of drug-likeness (QED) is 0.385. The maximum Gasteiger partial charge on any atom is 0.194 e. The Bertz CT molecular complexity index is 680. The molecule has 2 unspecified atom stereocenters. The van der Waals surface area contributed by atoms with E-state index in [-0.39, 0.29) is 6.10 Å². The molecule has 7 nitrogen and oxygen atoms in total. The fourth-order valence-electron chi connectivity index (χ4n) is 4.83. The van der Waals surface area contributed by atoms with Crippen LogP contribution in [0.3, 0.4) is 0 Å². The molecule has 0 spiro atoms. The van der Waals surface area contributed by atoms with Crippen LogP contribution in [0.25, 0.3) is 0 Å². The van der Waals surface area contributed by atoms with Gasteiger partial charge in [0.2, 0.25) is 0 Å². The molecule has 0 saturated carbocycles. The molecule has 3 fully saturated rings. The van der Waals surface area contributed by atoms with Crippen molar-refractivity contribution in [2.75, 3.05) is 72.2 Å². The summed E-state index contributed by atoms with van der Waals surface area (Å²) >= 11 is 0. The van der Waals surface area contributed by atoms with Gasteiger partial charge >= 0.3 is 0 Å². The number of benzene rings is 1. The van der Waals surface area contributed by atoms with Gasteiger partial charge in [-0.3, -0.25) is 14.8 Å². The third-order valence-electron chi connectivity index (χ3n) is 6.53. The summed E-state index contributed by atoms with van der Waals surface area (Å²) in [6, 6.07) is 11.2. The van der Waals surface area contributed by atoms with E-state index in [0.29, 0.717) is 6.04 Å². The Hall–Kier alpha value is -1.67. The van der Waals surface area contributed by atoms with Gasteiger partial charge < -0.3 is 19.7 Å². The summed E-state index contributed by atoms with van der Waals surface area (Å²) in [5, 5.41) is 3.51. The van der Waals surface area contributed by atoms with E-state index in [1.165, 1.54) is 12.0 Å². The first-order valence-corrected chi connectivity index (χ1v) is 12.1. The molecule has 2 atom stereocenters. The maximum absolute atomic E-state index is 6.16. The molecule has 31 heavy (non-hydrogen) atoms. The molecule has 1 N–H and O–H groups in total. The van der Waals surface area contributed by atoms with Crippen LogP contribution in [0.2, 0.25) is 0 Å². The minimum atomic E-state index is 0.266. The lowest BCUT2D eigenvalue weighted by Crippen LogP contribution is -2.50. The molecule has 0 aliphatic carbocycles. The van der Waals surface area contributed by atoms with Gasteiger partial charge in [0, 0.05) is 52.4 Å². The van der Waals surface area contributed by atoms with Crippen LogP contribution in [0, 0.1) is 0 Å². The highest BCUT2D eigenvalue weighted by molar-refractivity contribution is 5.80. The summed E-state index contributed by atoms with van der Waals surface area (Å²) in [6.07, 6.45) is 2.59. The molecule has 0 radical (unpaired) electrons. The van der Waals surface area contributed by atoms with E-state index < -0.39 is 0 Å². The third-order valence-corrected chi connectivity index (χ3v) is 6.53. The molecule has 172 valence electrons. The van der Waals surface area contributed by atoms with Crippen LogP contribution in [0.1, 0.15) is 25.3 Å². The zero-order valence-electron chi connectivity index (χ0n) is 19.0. The van der Waals surface area contributed by atoms with Gasteiger partial charge in [-0.15, -0.1) is 0 Å². The summed E-state index contributed by atoms with van der Waals surface area (Å²) in [5.41, 5.74) is 1.38. The number of nitrogens with zero attached hydrogens (tertiary/aromatic N) is 4.